The minimum absolute atomic E-state index is 0.160. The fourth-order valence-electron chi connectivity index (χ4n) is 3.10. The van der Waals surface area contributed by atoms with Gasteiger partial charge in [0, 0.05) is 0 Å². The van der Waals surface area contributed by atoms with Crippen molar-refractivity contribution in [1.29, 1.82) is 0 Å². The van der Waals surface area contributed by atoms with Gasteiger partial charge in [0.15, 0.2) is 0 Å². The molecule has 146 valence electrons. The van der Waals surface area contributed by atoms with Crippen molar-refractivity contribution in [2.45, 2.75) is 122 Å². The topological polar surface area (TPSA) is 74.6 Å². The third kappa shape index (κ3) is 15.4. The molecule has 0 heterocycles. The molecule has 0 radical (unpaired) electrons. The van der Waals surface area contributed by atoms with Gasteiger partial charge in [-0.05, 0) is 26.2 Å². The van der Waals surface area contributed by atoms with Crippen LogP contribution in [0.4, 0.5) is 0 Å². The smallest absolute Gasteiger partial charge is 0.267 e. The van der Waals surface area contributed by atoms with E-state index in [-0.39, 0.29) is 6.10 Å². The molecule has 0 aliphatic rings. The first-order valence-electron chi connectivity index (χ1n) is 10.0. The quantitative estimate of drug-likeness (QED) is 0.264. The van der Waals surface area contributed by atoms with E-state index in [9.17, 15) is 13.0 Å². The molecule has 0 rings (SSSR count). The van der Waals surface area contributed by atoms with Gasteiger partial charge in [0.2, 0.25) is 0 Å². The molecule has 5 heteroatoms. The lowest BCUT2D eigenvalue weighted by atomic mass is 10.0. The van der Waals surface area contributed by atoms with Crippen LogP contribution in [-0.4, -0.2) is 29.4 Å². The van der Waals surface area contributed by atoms with Crippen LogP contribution in [-0.2, 0) is 10.1 Å². The van der Waals surface area contributed by atoms with Crippen molar-refractivity contribution < 1.29 is 18.1 Å². The first-order chi connectivity index (χ1) is 11.4. The van der Waals surface area contributed by atoms with E-state index in [0.29, 0.717) is 12.8 Å². The summed E-state index contributed by atoms with van der Waals surface area (Å²) >= 11 is 0. The van der Waals surface area contributed by atoms with Crippen LogP contribution in [0.15, 0.2) is 0 Å². The zero-order chi connectivity index (χ0) is 18.3. The number of aliphatic hydroxyl groups is 1. The molecule has 0 spiro atoms. The summed E-state index contributed by atoms with van der Waals surface area (Å²) in [6, 6.07) is 0. The second-order valence-corrected chi connectivity index (χ2v) is 8.94. The number of rotatable bonds is 17. The highest BCUT2D eigenvalue weighted by molar-refractivity contribution is 7.86. The molecule has 0 fully saturated rings. The van der Waals surface area contributed by atoms with Crippen molar-refractivity contribution in [2.75, 3.05) is 0 Å². The number of unbranched alkanes of at least 4 members (excludes halogenated alkanes) is 10. The van der Waals surface area contributed by atoms with Gasteiger partial charge in [-0.15, -0.1) is 0 Å². The lowest BCUT2D eigenvalue weighted by molar-refractivity contribution is 0.180. The van der Waals surface area contributed by atoms with Gasteiger partial charge in [-0.25, -0.2) is 0 Å². The van der Waals surface area contributed by atoms with Crippen molar-refractivity contribution in [3.8, 4) is 0 Å². The monoisotopic (exact) mass is 364 g/mol. The molecule has 24 heavy (non-hydrogen) atoms. The fourth-order valence-corrected chi connectivity index (χ4v) is 4.03. The highest BCUT2D eigenvalue weighted by atomic mass is 32.2. The van der Waals surface area contributed by atoms with Gasteiger partial charge in [-0.2, -0.15) is 8.42 Å². The number of hydrogen-bond donors (Lipinski definition) is 2. The minimum Gasteiger partial charge on any atom is -0.393 e. The molecule has 0 amide bonds. The second-order valence-electron chi connectivity index (χ2n) is 7.24. The molecule has 2 N–H and O–H groups in total. The first kappa shape index (κ1) is 23.9. The summed E-state index contributed by atoms with van der Waals surface area (Å²) in [6.45, 7) is 3.89. The van der Waals surface area contributed by atoms with Gasteiger partial charge in [0.05, 0.1) is 11.4 Å². The van der Waals surface area contributed by atoms with Crippen molar-refractivity contribution in [3.63, 3.8) is 0 Å². The summed E-state index contributed by atoms with van der Waals surface area (Å²) < 4.78 is 31.9. The van der Waals surface area contributed by atoms with Gasteiger partial charge in [0.1, 0.15) is 0 Å². The SMILES string of the molecule is CCCCC(CCCCCCCCCCCCC(C)O)S(=O)(=O)O. The van der Waals surface area contributed by atoms with E-state index in [1.165, 1.54) is 38.5 Å². The molecule has 0 saturated heterocycles. The average Bonchev–Trinajstić information content (AvgIpc) is 2.49. The normalized spacial score (nSPS) is 14.7. The van der Waals surface area contributed by atoms with Crippen molar-refractivity contribution in [2.24, 2.45) is 0 Å². The zero-order valence-electron chi connectivity index (χ0n) is 15.9. The molecular weight excluding hydrogens is 324 g/mol. The molecule has 0 aromatic carbocycles. The van der Waals surface area contributed by atoms with Gasteiger partial charge in [0.25, 0.3) is 10.1 Å². The van der Waals surface area contributed by atoms with Crippen LogP contribution >= 0.6 is 0 Å². The molecule has 0 aromatic rings. The predicted molar refractivity (Wildman–Crippen MR) is 102 cm³/mol. The Bertz CT molecular complexity index is 366. The third-order valence-electron chi connectivity index (χ3n) is 4.70. The van der Waals surface area contributed by atoms with Crippen LogP contribution in [0.3, 0.4) is 0 Å². The summed E-state index contributed by atoms with van der Waals surface area (Å²) in [5, 5.41) is 8.61. The Morgan fingerprint density at radius 2 is 1.08 bits per heavy atom. The Hall–Kier alpha value is -0.130. The Morgan fingerprint density at radius 3 is 1.46 bits per heavy atom. The van der Waals surface area contributed by atoms with Crippen LogP contribution in [0.5, 0.6) is 0 Å². The Morgan fingerprint density at radius 1 is 0.708 bits per heavy atom. The van der Waals surface area contributed by atoms with Crippen LogP contribution in [0.2, 0.25) is 0 Å². The zero-order valence-corrected chi connectivity index (χ0v) is 16.7. The lowest BCUT2D eigenvalue weighted by Gasteiger charge is -2.13. The van der Waals surface area contributed by atoms with Gasteiger partial charge in [-0.1, -0.05) is 84.0 Å². The summed E-state index contributed by atoms with van der Waals surface area (Å²) in [5.41, 5.74) is 0. The molecule has 0 bridgehead atoms. The predicted octanol–water partition coefficient (Wildman–Crippen LogP) is 5.50. The highest BCUT2D eigenvalue weighted by Gasteiger charge is 2.21. The van der Waals surface area contributed by atoms with Crippen LogP contribution in [0.1, 0.15) is 110 Å². The standard InChI is InChI=1S/C19H40O4S/c1-3-4-16-19(24(21,22)23)17-14-12-10-8-6-5-7-9-11-13-15-18(2)20/h18-20H,3-17H2,1-2H3,(H,21,22,23). The second kappa shape index (κ2) is 15.2. The van der Waals surface area contributed by atoms with Crippen LogP contribution < -0.4 is 0 Å². The van der Waals surface area contributed by atoms with E-state index in [2.05, 4.69) is 0 Å². The Kier molecular flexibility index (Phi) is 15.1. The number of aliphatic hydroxyl groups excluding tert-OH is 1. The van der Waals surface area contributed by atoms with Gasteiger partial charge >= 0.3 is 0 Å². The van der Waals surface area contributed by atoms with E-state index in [0.717, 1.165) is 44.9 Å². The molecule has 0 aromatic heterocycles. The van der Waals surface area contributed by atoms with Gasteiger partial charge in [-0.3, -0.25) is 4.55 Å². The van der Waals surface area contributed by atoms with Crippen molar-refractivity contribution in [3.05, 3.63) is 0 Å². The molecule has 2 atom stereocenters. The maximum atomic E-state index is 11.3. The summed E-state index contributed by atoms with van der Waals surface area (Å²) in [4.78, 5) is 0. The molecule has 0 aliphatic heterocycles. The molecule has 2 unspecified atom stereocenters. The minimum atomic E-state index is -3.87. The Labute approximate surface area is 150 Å². The summed E-state index contributed by atoms with van der Waals surface area (Å²) in [5.74, 6) is 0. The molecule has 0 saturated carbocycles. The van der Waals surface area contributed by atoms with Crippen LogP contribution in [0, 0.1) is 0 Å². The number of hydrogen-bond acceptors (Lipinski definition) is 3. The van der Waals surface area contributed by atoms with E-state index in [1.807, 2.05) is 13.8 Å². The lowest BCUT2D eigenvalue weighted by Crippen LogP contribution is -2.20. The Balaban J connectivity index is 3.46. The van der Waals surface area contributed by atoms with Crippen LogP contribution in [0.25, 0.3) is 0 Å². The van der Waals surface area contributed by atoms with Gasteiger partial charge < -0.3 is 5.11 Å². The van der Waals surface area contributed by atoms with Crippen molar-refractivity contribution in [1.82, 2.24) is 0 Å². The van der Waals surface area contributed by atoms with E-state index in [4.69, 9.17) is 5.11 Å². The van der Waals surface area contributed by atoms with E-state index >= 15 is 0 Å². The molecule has 0 aliphatic carbocycles. The third-order valence-corrected chi connectivity index (χ3v) is 6.01. The molecule has 4 nitrogen and oxygen atoms in total. The first-order valence-corrected chi connectivity index (χ1v) is 11.5. The highest BCUT2D eigenvalue weighted by Crippen LogP contribution is 2.18. The fraction of sp³-hybridized carbons (Fsp3) is 1.00. The van der Waals surface area contributed by atoms with Crippen molar-refractivity contribution >= 4 is 10.1 Å². The summed E-state index contributed by atoms with van der Waals surface area (Å²) in [6.07, 6.45) is 15.5. The van der Waals surface area contributed by atoms with E-state index in [1.54, 1.807) is 0 Å². The summed E-state index contributed by atoms with van der Waals surface area (Å²) in [7, 11) is -3.87. The molecular formula is C19H40O4S. The average molecular weight is 365 g/mol. The van der Waals surface area contributed by atoms with E-state index < -0.39 is 15.4 Å². The maximum Gasteiger partial charge on any atom is 0.267 e. The maximum absolute atomic E-state index is 11.3. The largest absolute Gasteiger partial charge is 0.393 e.